The van der Waals surface area contributed by atoms with Gasteiger partial charge in [-0.3, -0.25) is 25.7 Å². The normalized spacial score (nSPS) is 16.1. The molecule has 43 heavy (non-hydrogen) atoms. The number of likely N-dealkylation sites (N-methyl/N-ethyl adjacent to an activating group) is 1. The number of nitro groups is 2. The third-order valence-electron chi connectivity index (χ3n) is 7.26. The van der Waals surface area contributed by atoms with Crippen molar-refractivity contribution in [2.75, 3.05) is 17.4 Å². The zero-order valence-corrected chi connectivity index (χ0v) is 25.3. The molecule has 4 aromatic rings. The summed E-state index contributed by atoms with van der Waals surface area (Å²) in [6, 6.07) is 28.7. The molecule has 0 saturated carbocycles. The van der Waals surface area contributed by atoms with Crippen LogP contribution in [0.4, 0.5) is 22.7 Å². The van der Waals surface area contributed by atoms with Crippen LogP contribution in [0.3, 0.4) is 0 Å². The zero-order chi connectivity index (χ0) is 30.8. The summed E-state index contributed by atoms with van der Waals surface area (Å²) < 4.78 is 6.62. The number of benzene rings is 4. The number of hydrogen-bond acceptors (Lipinski definition) is 9. The molecule has 5 rings (SSSR count). The number of anilines is 2. The van der Waals surface area contributed by atoms with Gasteiger partial charge >= 0.3 is 5.69 Å². The molecule has 1 aliphatic heterocycles. The van der Waals surface area contributed by atoms with Crippen molar-refractivity contribution in [1.82, 2.24) is 0 Å². The lowest BCUT2D eigenvalue weighted by atomic mass is 9.84. The molecule has 0 fully saturated rings. The van der Waals surface area contributed by atoms with Gasteiger partial charge in [0.2, 0.25) is 0 Å². The van der Waals surface area contributed by atoms with E-state index < -0.39 is 21.8 Å². The minimum Gasteiger partial charge on any atom is -0.458 e. The molecular formula is C31H28N5O5PS. The van der Waals surface area contributed by atoms with Gasteiger partial charge in [0.15, 0.2) is 6.26 Å². The zero-order valence-electron chi connectivity index (χ0n) is 23.6. The molecule has 218 valence electrons. The van der Waals surface area contributed by atoms with Crippen LogP contribution in [-0.4, -0.2) is 23.1 Å². The second-order valence-electron chi connectivity index (χ2n) is 10.4. The van der Waals surface area contributed by atoms with E-state index in [-0.39, 0.29) is 16.8 Å². The van der Waals surface area contributed by atoms with Crippen LogP contribution >= 0.6 is 6.26 Å². The Morgan fingerprint density at radius 2 is 1.60 bits per heavy atom. The average molecular weight is 614 g/mol. The summed E-state index contributed by atoms with van der Waals surface area (Å²) in [6.07, 6.45) is -1.24. The van der Waals surface area contributed by atoms with E-state index in [0.717, 1.165) is 22.8 Å². The second-order valence-corrected chi connectivity index (χ2v) is 14.2. The first-order chi connectivity index (χ1) is 20.5. The van der Waals surface area contributed by atoms with Crippen LogP contribution in [0.1, 0.15) is 25.0 Å². The third-order valence-corrected chi connectivity index (χ3v) is 10.5. The topological polar surface area (TPSA) is 123 Å². The number of hydrazone groups is 1. The lowest BCUT2D eigenvalue weighted by Gasteiger charge is -2.28. The lowest BCUT2D eigenvalue weighted by molar-refractivity contribution is -0.393. The number of nitro benzene ring substituents is 2. The van der Waals surface area contributed by atoms with Crippen LogP contribution in [-0.2, 0) is 17.2 Å². The van der Waals surface area contributed by atoms with Gasteiger partial charge in [-0.05, 0) is 59.3 Å². The summed E-state index contributed by atoms with van der Waals surface area (Å²) in [5, 5.41) is 27.3. The van der Waals surface area contributed by atoms with Crippen molar-refractivity contribution in [2.45, 2.75) is 19.3 Å². The molecule has 0 spiro atoms. The number of rotatable bonds is 9. The molecule has 0 aliphatic carbocycles. The fourth-order valence-corrected chi connectivity index (χ4v) is 8.08. The first-order valence-electron chi connectivity index (χ1n) is 13.2. The van der Waals surface area contributed by atoms with E-state index in [2.05, 4.69) is 60.3 Å². The average Bonchev–Trinajstić information content (AvgIpc) is 3.18. The van der Waals surface area contributed by atoms with Crippen molar-refractivity contribution in [3.8, 4) is 5.75 Å². The Bertz CT molecular complexity index is 1810. The van der Waals surface area contributed by atoms with E-state index in [4.69, 9.17) is 16.3 Å². The molecule has 1 atom stereocenters. The fourth-order valence-electron chi connectivity index (χ4n) is 5.01. The number of nitrogens with zero attached hydrogens (tertiary/aromatic N) is 4. The molecule has 4 aromatic carbocycles. The van der Waals surface area contributed by atoms with E-state index in [9.17, 15) is 20.2 Å². The van der Waals surface area contributed by atoms with Crippen LogP contribution in [0.15, 0.2) is 114 Å². The Labute approximate surface area is 253 Å². The molecule has 1 aliphatic rings. The predicted molar refractivity (Wildman–Crippen MR) is 174 cm³/mol. The van der Waals surface area contributed by atoms with Gasteiger partial charge < -0.3 is 9.42 Å². The quantitative estimate of drug-likeness (QED) is 0.0902. The van der Waals surface area contributed by atoms with Crippen LogP contribution in [0.5, 0.6) is 5.75 Å². The summed E-state index contributed by atoms with van der Waals surface area (Å²) in [5.41, 5.74) is 5.69. The maximum absolute atomic E-state index is 11.4. The smallest absolute Gasteiger partial charge is 0.301 e. The predicted octanol–water partition coefficient (Wildman–Crippen LogP) is 7.32. The van der Waals surface area contributed by atoms with Gasteiger partial charge in [-0.15, -0.1) is 0 Å². The standard InChI is InChI=1S/C31H28N5O5PS/c1-31(2)26-11-7-8-12-28(26)34(3)30(31)21-42(43,25-9-5-4-6-10-25)41-24-16-13-22(14-17-24)20-32-33-27-18-15-23(35(37)38)19-29(27)36(39)40/h4-21,33H,1-3H3/b30-21+,32-20+. The van der Waals surface area contributed by atoms with Gasteiger partial charge in [0.05, 0.1) is 22.1 Å². The van der Waals surface area contributed by atoms with Crippen molar-refractivity contribution < 1.29 is 14.4 Å². The molecule has 0 radical (unpaired) electrons. The van der Waals surface area contributed by atoms with Crippen molar-refractivity contribution in [2.24, 2.45) is 5.10 Å². The number of non-ortho nitro benzene ring substituents is 1. The Balaban J connectivity index is 1.39. The summed E-state index contributed by atoms with van der Waals surface area (Å²) in [7, 11) is 2.05. The molecule has 1 unspecified atom stereocenters. The van der Waals surface area contributed by atoms with E-state index in [1.54, 1.807) is 24.3 Å². The van der Waals surface area contributed by atoms with Crippen molar-refractivity contribution >= 4 is 52.3 Å². The van der Waals surface area contributed by atoms with Gasteiger partial charge in [-0.2, -0.15) is 5.10 Å². The maximum Gasteiger partial charge on any atom is 0.301 e. The van der Waals surface area contributed by atoms with Gasteiger partial charge in [0.25, 0.3) is 5.69 Å². The van der Waals surface area contributed by atoms with Crippen molar-refractivity contribution in [1.29, 1.82) is 0 Å². The first kappa shape index (κ1) is 29.6. The molecule has 12 heteroatoms. The Kier molecular flexibility index (Phi) is 8.12. The summed E-state index contributed by atoms with van der Waals surface area (Å²) in [5.74, 6) is 2.71. The Hall–Kier alpha value is -4.86. The summed E-state index contributed by atoms with van der Waals surface area (Å²) in [6.45, 7) is 4.39. The number of para-hydroxylation sites is 1. The molecule has 0 aromatic heterocycles. The highest BCUT2D eigenvalue weighted by atomic mass is 32.4. The minimum atomic E-state index is -2.72. The molecule has 0 amide bonds. The van der Waals surface area contributed by atoms with Crippen LogP contribution in [0, 0.1) is 20.2 Å². The van der Waals surface area contributed by atoms with Gasteiger partial charge in [0, 0.05) is 41.0 Å². The highest BCUT2D eigenvalue weighted by Crippen LogP contribution is 2.55. The molecule has 0 bridgehead atoms. The number of allylic oxidation sites excluding steroid dienone is 1. The van der Waals surface area contributed by atoms with Crippen LogP contribution in [0.2, 0.25) is 0 Å². The highest BCUT2D eigenvalue weighted by molar-refractivity contribution is 8.17. The van der Waals surface area contributed by atoms with Gasteiger partial charge in [0.1, 0.15) is 11.4 Å². The van der Waals surface area contributed by atoms with Crippen molar-refractivity contribution in [3.05, 3.63) is 140 Å². The minimum absolute atomic E-state index is 0.0327. The second kappa shape index (κ2) is 11.8. The number of fused-ring (bicyclic) bond motifs is 1. The highest BCUT2D eigenvalue weighted by Gasteiger charge is 2.40. The molecule has 10 nitrogen and oxygen atoms in total. The monoisotopic (exact) mass is 613 g/mol. The maximum atomic E-state index is 11.4. The molecule has 1 heterocycles. The van der Waals surface area contributed by atoms with E-state index in [1.807, 2.05) is 36.4 Å². The van der Waals surface area contributed by atoms with E-state index in [0.29, 0.717) is 11.3 Å². The Morgan fingerprint density at radius 3 is 2.26 bits per heavy atom. The Morgan fingerprint density at radius 1 is 0.930 bits per heavy atom. The van der Waals surface area contributed by atoms with Crippen LogP contribution < -0.4 is 20.2 Å². The lowest BCUT2D eigenvalue weighted by Crippen LogP contribution is -2.24. The summed E-state index contributed by atoms with van der Waals surface area (Å²) in [4.78, 5) is 23.1. The third kappa shape index (κ3) is 6.04. The molecule has 0 saturated heterocycles. The number of nitrogens with one attached hydrogen (secondary N) is 1. The van der Waals surface area contributed by atoms with Crippen LogP contribution in [0.25, 0.3) is 0 Å². The summed E-state index contributed by atoms with van der Waals surface area (Å²) >= 11 is 6.32. The van der Waals surface area contributed by atoms with Gasteiger partial charge in [-0.1, -0.05) is 62.4 Å². The number of hydrogen-bond donors (Lipinski definition) is 1. The fraction of sp³-hybridized carbons (Fsp3) is 0.129. The molecular weight excluding hydrogens is 585 g/mol. The first-order valence-corrected chi connectivity index (χ1v) is 16.0. The SMILES string of the molecule is CN1/C(=C/P(=S)(Oc2ccc(/C=N/Nc3ccc([N+](=O)[O-])cc3[N+](=O)[O-])cc2)c2ccccc2)C(C)(C)c2ccccc21. The van der Waals surface area contributed by atoms with E-state index >= 15 is 0 Å². The largest absolute Gasteiger partial charge is 0.458 e. The van der Waals surface area contributed by atoms with Crippen molar-refractivity contribution in [3.63, 3.8) is 0 Å². The molecule has 1 N–H and O–H groups in total. The van der Waals surface area contributed by atoms with Gasteiger partial charge in [-0.25, -0.2) is 0 Å². The van der Waals surface area contributed by atoms with E-state index in [1.165, 1.54) is 23.9 Å².